The standard InChI is InChI=1S/C13H17NO4/c1-8-9(5-6-18-8)7-14(2)12(15)10-3-4-11(10)13(16)17/h5-6,10-11H,3-4,7H2,1-2H3,(H,16,17). The number of carboxylic acids is 1. The van der Waals surface area contributed by atoms with E-state index >= 15 is 0 Å². The first-order chi connectivity index (χ1) is 8.50. The van der Waals surface area contributed by atoms with Crippen molar-refractivity contribution in [2.45, 2.75) is 26.3 Å². The number of carboxylic acid groups (broad SMARTS) is 1. The summed E-state index contributed by atoms with van der Waals surface area (Å²) in [6.07, 6.45) is 2.86. The Balaban J connectivity index is 1.97. The summed E-state index contributed by atoms with van der Waals surface area (Å²) in [5.41, 5.74) is 0.956. The lowest BCUT2D eigenvalue weighted by Crippen LogP contribution is -2.44. The molecular formula is C13H17NO4. The van der Waals surface area contributed by atoms with E-state index < -0.39 is 11.9 Å². The largest absolute Gasteiger partial charge is 0.481 e. The normalized spacial score (nSPS) is 22.3. The van der Waals surface area contributed by atoms with E-state index in [0.29, 0.717) is 19.4 Å². The van der Waals surface area contributed by atoms with Crippen LogP contribution in [-0.2, 0) is 16.1 Å². The molecule has 0 spiro atoms. The van der Waals surface area contributed by atoms with E-state index in [0.717, 1.165) is 11.3 Å². The summed E-state index contributed by atoms with van der Waals surface area (Å²) in [4.78, 5) is 24.6. The van der Waals surface area contributed by atoms with Crippen molar-refractivity contribution in [3.8, 4) is 0 Å². The molecule has 1 aliphatic carbocycles. The Bertz CT molecular complexity index is 465. The molecule has 1 amide bonds. The maximum atomic E-state index is 12.1. The minimum absolute atomic E-state index is 0.0887. The van der Waals surface area contributed by atoms with Gasteiger partial charge in [0.05, 0.1) is 18.1 Å². The average Bonchev–Trinajstić information content (AvgIpc) is 2.61. The molecule has 1 aliphatic rings. The van der Waals surface area contributed by atoms with Crippen molar-refractivity contribution >= 4 is 11.9 Å². The molecule has 5 heteroatoms. The third-order valence-corrected chi connectivity index (χ3v) is 3.66. The van der Waals surface area contributed by atoms with Gasteiger partial charge >= 0.3 is 5.97 Å². The zero-order chi connectivity index (χ0) is 13.3. The highest BCUT2D eigenvalue weighted by atomic mass is 16.4. The number of hydrogen-bond donors (Lipinski definition) is 1. The third kappa shape index (κ3) is 2.25. The van der Waals surface area contributed by atoms with Crippen LogP contribution in [0.15, 0.2) is 16.7 Å². The maximum absolute atomic E-state index is 12.1. The van der Waals surface area contributed by atoms with Crippen LogP contribution in [0.5, 0.6) is 0 Å². The van der Waals surface area contributed by atoms with Crippen molar-refractivity contribution < 1.29 is 19.1 Å². The molecule has 2 atom stereocenters. The van der Waals surface area contributed by atoms with Crippen molar-refractivity contribution in [3.63, 3.8) is 0 Å². The molecular weight excluding hydrogens is 234 g/mol. The van der Waals surface area contributed by atoms with Crippen molar-refractivity contribution in [3.05, 3.63) is 23.7 Å². The average molecular weight is 251 g/mol. The lowest BCUT2D eigenvalue weighted by molar-refractivity contribution is -0.156. The summed E-state index contributed by atoms with van der Waals surface area (Å²) in [5, 5.41) is 8.95. The minimum Gasteiger partial charge on any atom is -0.481 e. The van der Waals surface area contributed by atoms with Crippen LogP contribution in [0.3, 0.4) is 0 Å². The Morgan fingerprint density at radius 2 is 2.11 bits per heavy atom. The van der Waals surface area contributed by atoms with Gasteiger partial charge in [-0.05, 0) is 25.8 Å². The lowest BCUT2D eigenvalue weighted by atomic mass is 9.73. The van der Waals surface area contributed by atoms with Crippen LogP contribution in [0.4, 0.5) is 0 Å². The van der Waals surface area contributed by atoms with Gasteiger partial charge < -0.3 is 14.4 Å². The molecule has 5 nitrogen and oxygen atoms in total. The maximum Gasteiger partial charge on any atom is 0.307 e. The number of rotatable bonds is 4. The molecule has 0 aliphatic heterocycles. The summed E-state index contributed by atoms with van der Waals surface area (Å²) in [6.45, 7) is 2.31. The molecule has 1 heterocycles. The SMILES string of the molecule is Cc1occc1CN(C)C(=O)C1CCC1C(=O)O. The van der Waals surface area contributed by atoms with Gasteiger partial charge in [-0.25, -0.2) is 0 Å². The molecule has 0 aromatic carbocycles. The highest BCUT2D eigenvalue weighted by Gasteiger charge is 2.42. The Kier molecular flexibility index (Phi) is 3.41. The van der Waals surface area contributed by atoms with Gasteiger partial charge in [0, 0.05) is 19.2 Å². The van der Waals surface area contributed by atoms with Crippen LogP contribution in [-0.4, -0.2) is 28.9 Å². The van der Waals surface area contributed by atoms with Crippen molar-refractivity contribution in [1.82, 2.24) is 4.90 Å². The highest BCUT2D eigenvalue weighted by molar-refractivity contribution is 5.86. The van der Waals surface area contributed by atoms with E-state index in [2.05, 4.69) is 0 Å². The number of aliphatic carboxylic acids is 1. The predicted octanol–water partition coefficient (Wildman–Crippen LogP) is 1.66. The van der Waals surface area contributed by atoms with Crippen LogP contribution in [0, 0.1) is 18.8 Å². The molecule has 2 rings (SSSR count). The molecule has 18 heavy (non-hydrogen) atoms. The molecule has 1 N–H and O–H groups in total. The second-order valence-corrected chi connectivity index (χ2v) is 4.82. The van der Waals surface area contributed by atoms with Gasteiger partial charge in [0.2, 0.25) is 5.91 Å². The smallest absolute Gasteiger partial charge is 0.307 e. The first-order valence-electron chi connectivity index (χ1n) is 6.01. The number of nitrogens with zero attached hydrogens (tertiary/aromatic N) is 1. The van der Waals surface area contributed by atoms with Gasteiger partial charge in [0.25, 0.3) is 0 Å². The van der Waals surface area contributed by atoms with Gasteiger partial charge in [0.1, 0.15) is 5.76 Å². The van der Waals surface area contributed by atoms with E-state index in [1.807, 2.05) is 13.0 Å². The van der Waals surface area contributed by atoms with Gasteiger partial charge in [-0.2, -0.15) is 0 Å². The van der Waals surface area contributed by atoms with Gasteiger partial charge in [0.15, 0.2) is 0 Å². The molecule has 1 saturated carbocycles. The number of aryl methyl sites for hydroxylation is 1. The summed E-state index contributed by atoms with van der Waals surface area (Å²) >= 11 is 0. The summed E-state index contributed by atoms with van der Waals surface area (Å²) in [6, 6.07) is 1.83. The van der Waals surface area contributed by atoms with E-state index in [9.17, 15) is 9.59 Å². The van der Waals surface area contributed by atoms with Gasteiger partial charge in [-0.1, -0.05) is 0 Å². The van der Waals surface area contributed by atoms with Crippen LogP contribution in [0.2, 0.25) is 0 Å². The minimum atomic E-state index is -0.868. The summed E-state index contributed by atoms with van der Waals surface area (Å²) < 4.78 is 5.17. The topological polar surface area (TPSA) is 70.8 Å². The zero-order valence-electron chi connectivity index (χ0n) is 10.5. The van der Waals surface area contributed by atoms with Crippen LogP contribution < -0.4 is 0 Å². The number of amides is 1. The molecule has 98 valence electrons. The van der Waals surface area contributed by atoms with Gasteiger partial charge in [-0.3, -0.25) is 9.59 Å². The number of hydrogen-bond acceptors (Lipinski definition) is 3. The molecule has 1 aromatic heterocycles. The van der Waals surface area contributed by atoms with Crippen LogP contribution in [0.1, 0.15) is 24.2 Å². The summed E-state index contributed by atoms with van der Waals surface area (Å²) in [5.74, 6) is -1.04. The van der Waals surface area contributed by atoms with E-state index in [-0.39, 0.29) is 11.8 Å². The fourth-order valence-electron chi connectivity index (χ4n) is 2.28. The predicted molar refractivity (Wildman–Crippen MR) is 63.8 cm³/mol. The summed E-state index contributed by atoms with van der Waals surface area (Å²) in [7, 11) is 1.70. The fraction of sp³-hybridized carbons (Fsp3) is 0.538. The van der Waals surface area contributed by atoms with Crippen LogP contribution >= 0.6 is 0 Å². The number of carbonyl (C=O) groups excluding carboxylic acids is 1. The molecule has 0 saturated heterocycles. The second kappa shape index (κ2) is 4.84. The number of carbonyl (C=O) groups is 2. The van der Waals surface area contributed by atoms with Crippen molar-refractivity contribution in [1.29, 1.82) is 0 Å². The Morgan fingerprint density at radius 3 is 2.56 bits per heavy atom. The Hall–Kier alpha value is -1.78. The molecule has 0 bridgehead atoms. The van der Waals surface area contributed by atoms with E-state index in [1.54, 1.807) is 18.2 Å². The quantitative estimate of drug-likeness (QED) is 0.883. The Labute approximate surface area is 105 Å². The third-order valence-electron chi connectivity index (χ3n) is 3.66. The highest BCUT2D eigenvalue weighted by Crippen LogP contribution is 2.35. The van der Waals surface area contributed by atoms with E-state index in [1.165, 1.54) is 0 Å². The zero-order valence-corrected chi connectivity index (χ0v) is 10.5. The second-order valence-electron chi connectivity index (χ2n) is 4.82. The fourth-order valence-corrected chi connectivity index (χ4v) is 2.28. The van der Waals surface area contributed by atoms with Crippen molar-refractivity contribution in [2.75, 3.05) is 7.05 Å². The van der Waals surface area contributed by atoms with Crippen LogP contribution in [0.25, 0.3) is 0 Å². The first-order valence-corrected chi connectivity index (χ1v) is 6.01. The first kappa shape index (κ1) is 12.7. The lowest BCUT2D eigenvalue weighted by Gasteiger charge is -2.34. The molecule has 1 aromatic rings. The number of furan rings is 1. The van der Waals surface area contributed by atoms with Crippen molar-refractivity contribution in [2.24, 2.45) is 11.8 Å². The molecule has 2 unspecified atom stereocenters. The molecule has 0 radical (unpaired) electrons. The molecule has 1 fully saturated rings. The van der Waals surface area contributed by atoms with E-state index in [4.69, 9.17) is 9.52 Å². The Morgan fingerprint density at radius 1 is 1.44 bits per heavy atom. The monoisotopic (exact) mass is 251 g/mol. The van der Waals surface area contributed by atoms with Gasteiger partial charge in [-0.15, -0.1) is 0 Å².